The highest BCUT2D eigenvalue weighted by molar-refractivity contribution is 7.90. The fraction of sp³-hybridized carbons (Fsp3) is 0.182. The van der Waals surface area contributed by atoms with Crippen LogP contribution in [0, 0.1) is 6.92 Å². The van der Waals surface area contributed by atoms with E-state index in [1.54, 1.807) is 29.1 Å². The smallest absolute Gasteiger partial charge is 0.177 e. The van der Waals surface area contributed by atoms with Gasteiger partial charge >= 0.3 is 0 Å². The van der Waals surface area contributed by atoms with Gasteiger partial charge in [-0.3, -0.25) is 0 Å². The van der Waals surface area contributed by atoms with E-state index in [2.05, 4.69) is 4.98 Å². The minimum atomic E-state index is -3.32. The molecule has 2 rings (SSSR count). The molecule has 0 atom stereocenters. The number of nitrogen functional groups attached to an aromatic ring is 1. The highest BCUT2D eigenvalue weighted by Crippen LogP contribution is 2.25. The van der Waals surface area contributed by atoms with Gasteiger partial charge in [0.25, 0.3) is 0 Å². The van der Waals surface area contributed by atoms with E-state index in [0.29, 0.717) is 5.69 Å². The molecular weight excluding hydrogens is 238 g/mol. The molecule has 0 fully saturated rings. The lowest BCUT2D eigenvalue weighted by Gasteiger charge is -2.11. The Morgan fingerprint density at radius 1 is 1.35 bits per heavy atom. The number of nitrogens with zero attached hydrogens (tertiary/aromatic N) is 2. The number of nitrogens with two attached hydrogens (primary N) is 1. The number of anilines is 1. The highest BCUT2D eigenvalue weighted by atomic mass is 32.2. The van der Waals surface area contributed by atoms with Crippen LogP contribution in [-0.2, 0) is 9.84 Å². The Kier molecular flexibility index (Phi) is 2.66. The molecule has 0 saturated carbocycles. The van der Waals surface area contributed by atoms with Gasteiger partial charge in [0.05, 0.1) is 16.3 Å². The molecule has 0 aliphatic heterocycles. The van der Waals surface area contributed by atoms with Crippen molar-refractivity contribution in [1.82, 2.24) is 9.55 Å². The molecule has 6 heteroatoms. The van der Waals surface area contributed by atoms with E-state index in [-0.39, 0.29) is 10.6 Å². The summed E-state index contributed by atoms with van der Waals surface area (Å²) in [4.78, 5) is 4.23. The van der Waals surface area contributed by atoms with Gasteiger partial charge in [-0.05, 0) is 19.1 Å². The molecular formula is C11H13N3O2S. The lowest BCUT2D eigenvalue weighted by molar-refractivity contribution is 0.602. The Balaban J connectivity index is 2.71. The van der Waals surface area contributed by atoms with E-state index < -0.39 is 9.84 Å². The maximum absolute atomic E-state index is 11.6. The number of aromatic nitrogens is 2. The number of sulfone groups is 1. The maximum Gasteiger partial charge on any atom is 0.177 e. The van der Waals surface area contributed by atoms with Gasteiger partial charge in [0.15, 0.2) is 9.84 Å². The van der Waals surface area contributed by atoms with Crippen LogP contribution in [0.4, 0.5) is 5.69 Å². The van der Waals surface area contributed by atoms with Gasteiger partial charge < -0.3 is 10.3 Å². The molecule has 90 valence electrons. The summed E-state index contributed by atoms with van der Waals surface area (Å²) in [6.07, 6.45) is 4.53. The van der Waals surface area contributed by atoms with E-state index in [0.717, 1.165) is 12.1 Å². The molecule has 0 amide bonds. The second-order valence-electron chi connectivity index (χ2n) is 3.81. The van der Waals surface area contributed by atoms with Crippen molar-refractivity contribution in [1.29, 1.82) is 0 Å². The van der Waals surface area contributed by atoms with Crippen LogP contribution in [0.5, 0.6) is 0 Å². The summed E-state index contributed by atoms with van der Waals surface area (Å²) < 4.78 is 24.9. The van der Waals surface area contributed by atoms with Gasteiger partial charge in [0, 0.05) is 18.6 Å². The molecule has 2 N–H and O–H groups in total. The van der Waals surface area contributed by atoms with Gasteiger partial charge in [-0.25, -0.2) is 13.4 Å². The quantitative estimate of drug-likeness (QED) is 0.813. The second-order valence-corrected chi connectivity index (χ2v) is 5.79. The summed E-state index contributed by atoms with van der Waals surface area (Å²) in [6, 6.07) is 4.93. The average molecular weight is 251 g/mol. The van der Waals surface area contributed by atoms with Gasteiger partial charge in [-0.15, -0.1) is 0 Å². The van der Waals surface area contributed by atoms with Crippen LogP contribution in [0.2, 0.25) is 0 Å². The third-order valence-corrected chi connectivity index (χ3v) is 3.68. The molecule has 0 aliphatic carbocycles. The van der Waals surface area contributed by atoms with Crippen molar-refractivity contribution in [2.24, 2.45) is 0 Å². The van der Waals surface area contributed by atoms with E-state index in [1.807, 2.05) is 6.92 Å². The summed E-state index contributed by atoms with van der Waals surface area (Å²) in [5, 5.41) is 0. The fourth-order valence-corrected chi connectivity index (χ4v) is 2.53. The summed E-state index contributed by atoms with van der Waals surface area (Å²) in [6.45, 7) is 1.83. The molecule has 1 aromatic heterocycles. The van der Waals surface area contributed by atoms with Crippen molar-refractivity contribution >= 4 is 15.5 Å². The Bertz CT molecular complexity index is 659. The SMILES string of the molecule is Cc1nccn1-c1cccc(S(C)(=O)=O)c1N. The molecule has 0 saturated heterocycles. The number of rotatable bonds is 2. The predicted octanol–water partition coefficient (Wildman–Crippen LogP) is 1.17. The number of hydrogen-bond acceptors (Lipinski definition) is 4. The summed E-state index contributed by atoms with van der Waals surface area (Å²) in [5.74, 6) is 0.752. The molecule has 2 aromatic rings. The van der Waals surface area contributed by atoms with Crippen LogP contribution in [0.15, 0.2) is 35.5 Å². The standard InChI is InChI=1S/C11H13N3O2S/c1-8-13-6-7-14(8)9-4-3-5-10(11(9)12)17(2,15)16/h3-7H,12H2,1-2H3. The Morgan fingerprint density at radius 2 is 2.06 bits per heavy atom. The third-order valence-electron chi connectivity index (χ3n) is 2.53. The van der Waals surface area contributed by atoms with Gasteiger partial charge in [-0.2, -0.15) is 0 Å². The van der Waals surface area contributed by atoms with Crippen molar-refractivity contribution in [3.8, 4) is 5.69 Å². The topological polar surface area (TPSA) is 78.0 Å². The monoisotopic (exact) mass is 251 g/mol. The number of para-hydroxylation sites is 1. The van der Waals surface area contributed by atoms with E-state index in [1.165, 1.54) is 6.07 Å². The molecule has 0 radical (unpaired) electrons. The molecule has 0 unspecified atom stereocenters. The number of aryl methyl sites for hydroxylation is 1. The number of benzene rings is 1. The van der Waals surface area contributed by atoms with Crippen LogP contribution in [0.1, 0.15) is 5.82 Å². The maximum atomic E-state index is 11.6. The first-order valence-corrected chi connectivity index (χ1v) is 6.89. The first kappa shape index (κ1) is 11.7. The van der Waals surface area contributed by atoms with Crippen LogP contribution in [0.3, 0.4) is 0 Å². The predicted molar refractivity (Wildman–Crippen MR) is 65.8 cm³/mol. The molecule has 17 heavy (non-hydrogen) atoms. The van der Waals surface area contributed by atoms with E-state index >= 15 is 0 Å². The molecule has 0 spiro atoms. The van der Waals surface area contributed by atoms with Gasteiger partial charge in [0.1, 0.15) is 5.82 Å². The van der Waals surface area contributed by atoms with Crippen molar-refractivity contribution in [2.75, 3.05) is 12.0 Å². The molecule has 1 heterocycles. The van der Waals surface area contributed by atoms with Gasteiger partial charge in [0.2, 0.25) is 0 Å². The lowest BCUT2D eigenvalue weighted by Crippen LogP contribution is -2.07. The summed E-state index contributed by atoms with van der Waals surface area (Å²) >= 11 is 0. The Hall–Kier alpha value is -1.82. The van der Waals surface area contributed by atoms with Crippen molar-refractivity contribution in [3.63, 3.8) is 0 Å². The van der Waals surface area contributed by atoms with Crippen LogP contribution in [0.25, 0.3) is 5.69 Å². The zero-order chi connectivity index (χ0) is 12.6. The average Bonchev–Trinajstić information content (AvgIpc) is 2.63. The lowest BCUT2D eigenvalue weighted by atomic mass is 10.2. The molecule has 5 nitrogen and oxygen atoms in total. The first-order chi connectivity index (χ1) is 7.91. The Morgan fingerprint density at radius 3 is 2.59 bits per heavy atom. The van der Waals surface area contributed by atoms with E-state index in [9.17, 15) is 8.42 Å². The van der Waals surface area contributed by atoms with Crippen LogP contribution < -0.4 is 5.73 Å². The summed E-state index contributed by atoms with van der Waals surface area (Å²) in [5.41, 5.74) is 6.78. The van der Waals surface area contributed by atoms with E-state index in [4.69, 9.17) is 5.73 Å². The van der Waals surface area contributed by atoms with Crippen LogP contribution >= 0.6 is 0 Å². The second kappa shape index (κ2) is 3.89. The fourth-order valence-electron chi connectivity index (χ4n) is 1.70. The molecule has 1 aromatic carbocycles. The minimum absolute atomic E-state index is 0.142. The third kappa shape index (κ3) is 2.03. The van der Waals surface area contributed by atoms with Crippen molar-refractivity contribution in [2.45, 2.75) is 11.8 Å². The van der Waals surface area contributed by atoms with Gasteiger partial charge in [-0.1, -0.05) is 6.07 Å². The number of imidazole rings is 1. The normalized spacial score (nSPS) is 11.6. The van der Waals surface area contributed by atoms with Crippen LogP contribution in [-0.4, -0.2) is 24.2 Å². The minimum Gasteiger partial charge on any atom is -0.396 e. The zero-order valence-electron chi connectivity index (χ0n) is 9.58. The summed E-state index contributed by atoms with van der Waals surface area (Å²) in [7, 11) is -3.32. The molecule has 0 aliphatic rings. The first-order valence-electron chi connectivity index (χ1n) is 5.00. The Labute approximate surface area is 99.8 Å². The highest BCUT2D eigenvalue weighted by Gasteiger charge is 2.15. The van der Waals surface area contributed by atoms with Crippen molar-refractivity contribution in [3.05, 3.63) is 36.4 Å². The molecule has 0 bridgehead atoms. The number of hydrogen-bond donors (Lipinski definition) is 1. The van der Waals surface area contributed by atoms with Crippen molar-refractivity contribution < 1.29 is 8.42 Å². The largest absolute Gasteiger partial charge is 0.396 e. The zero-order valence-corrected chi connectivity index (χ0v) is 10.4.